The minimum absolute atomic E-state index is 0. The summed E-state index contributed by atoms with van der Waals surface area (Å²) in [7, 11) is 0. The third-order valence-corrected chi connectivity index (χ3v) is 0.498. The van der Waals surface area contributed by atoms with Crippen molar-refractivity contribution in [3.8, 4) is 0 Å². The fraction of sp³-hybridized carbons (Fsp3) is 0.600. The van der Waals surface area contributed by atoms with Gasteiger partial charge >= 0.3 is 25.8 Å². The van der Waals surface area contributed by atoms with Crippen LogP contribution in [-0.4, -0.2) is 11.6 Å². The van der Waals surface area contributed by atoms with Crippen molar-refractivity contribution in [1.82, 2.24) is 0 Å². The van der Waals surface area contributed by atoms with E-state index in [1.807, 2.05) is 0 Å². The average Bonchev–Trinajstić information content (AvgIpc) is 1.27. The van der Waals surface area contributed by atoms with Gasteiger partial charge in [0.25, 0.3) is 0 Å². The van der Waals surface area contributed by atoms with E-state index in [9.17, 15) is 9.59 Å². The van der Waals surface area contributed by atoms with Crippen LogP contribution in [0.4, 0.5) is 0 Å². The van der Waals surface area contributed by atoms with E-state index in [-0.39, 0.29) is 62.6 Å². The zero-order valence-corrected chi connectivity index (χ0v) is 10.1. The fourth-order valence-corrected chi connectivity index (χ4v) is 0.351. The predicted molar refractivity (Wildman–Crippen MR) is 26.0 cm³/mol. The average molecular weight is 355 g/mol. The Labute approximate surface area is 86.3 Å². The molecule has 0 spiro atoms. The molecule has 0 aromatic heterocycles. The molecule has 0 fully saturated rings. The maximum Gasteiger partial charge on any atom is 4.00 e. The molecule has 0 rings (SSSR count). The SMILES string of the molecule is CC(=O)CC(C)=O.[F-].[F-].[F-].[F-].[Hf+4]. The number of ketones is 2. The van der Waals surface area contributed by atoms with Crippen LogP contribution < -0.4 is 18.8 Å². The van der Waals surface area contributed by atoms with E-state index in [0.29, 0.717) is 0 Å². The number of hydrogen-bond acceptors (Lipinski definition) is 2. The topological polar surface area (TPSA) is 34.1 Å². The molecule has 0 aromatic carbocycles. The summed E-state index contributed by atoms with van der Waals surface area (Å²) in [6.07, 6.45) is 0.0833. The first-order valence-corrected chi connectivity index (χ1v) is 2.12. The first-order valence-electron chi connectivity index (χ1n) is 2.12. The van der Waals surface area contributed by atoms with Crippen molar-refractivity contribution in [2.24, 2.45) is 0 Å². The number of halogens is 4. The fourth-order valence-electron chi connectivity index (χ4n) is 0.351. The quantitative estimate of drug-likeness (QED) is 0.280. The molecule has 0 atom stereocenters. The van der Waals surface area contributed by atoms with E-state index in [1.165, 1.54) is 13.8 Å². The number of carbonyl (C=O) groups is 2. The van der Waals surface area contributed by atoms with Gasteiger partial charge in [0.2, 0.25) is 0 Å². The molecule has 0 saturated carbocycles. The van der Waals surface area contributed by atoms with Crippen molar-refractivity contribution in [3.05, 3.63) is 0 Å². The molecule has 0 bridgehead atoms. The van der Waals surface area contributed by atoms with Crippen molar-refractivity contribution in [3.63, 3.8) is 0 Å². The smallest absolute Gasteiger partial charge is 1.00 e. The van der Waals surface area contributed by atoms with Crippen molar-refractivity contribution in [2.75, 3.05) is 0 Å². The van der Waals surface area contributed by atoms with E-state index in [2.05, 4.69) is 0 Å². The Balaban J connectivity index is -0.0000000180. The maximum absolute atomic E-state index is 10.0. The second-order valence-corrected chi connectivity index (χ2v) is 1.58. The van der Waals surface area contributed by atoms with Crippen molar-refractivity contribution < 1.29 is 54.2 Å². The zero-order chi connectivity index (χ0) is 5.86. The number of hydrogen-bond donors (Lipinski definition) is 0. The Morgan fingerprint density at radius 2 is 1.00 bits per heavy atom. The van der Waals surface area contributed by atoms with E-state index in [4.69, 9.17) is 0 Å². The molecule has 0 N–H and O–H groups in total. The van der Waals surface area contributed by atoms with Crippen LogP contribution in [0.5, 0.6) is 0 Å². The van der Waals surface area contributed by atoms with Crippen LogP contribution >= 0.6 is 0 Å². The van der Waals surface area contributed by atoms with Crippen LogP contribution in [0.25, 0.3) is 0 Å². The molecule has 0 unspecified atom stereocenters. The molecule has 7 heteroatoms. The number of Topliss-reactive ketones (excluding diaryl/α,β-unsaturated/α-hetero) is 2. The Kier molecular flexibility index (Phi) is 75.8. The van der Waals surface area contributed by atoms with Gasteiger partial charge in [-0.3, -0.25) is 9.59 Å². The van der Waals surface area contributed by atoms with Gasteiger partial charge < -0.3 is 18.8 Å². The summed E-state index contributed by atoms with van der Waals surface area (Å²) in [5, 5.41) is 0. The van der Waals surface area contributed by atoms with E-state index in [1.54, 1.807) is 0 Å². The second kappa shape index (κ2) is 22.4. The normalized spacial score (nSPS) is 4.83. The molecule has 0 saturated heterocycles. The van der Waals surface area contributed by atoms with Crippen molar-refractivity contribution in [1.29, 1.82) is 0 Å². The minimum atomic E-state index is -0.0625. The second-order valence-electron chi connectivity index (χ2n) is 1.58. The summed E-state index contributed by atoms with van der Waals surface area (Å²) in [6.45, 7) is 2.81. The predicted octanol–water partition coefficient (Wildman–Crippen LogP) is -11.4. The molecule has 2 nitrogen and oxygen atoms in total. The van der Waals surface area contributed by atoms with Gasteiger partial charge in [-0.25, -0.2) is 0 Å². The van der Waals surface area contributed by atoms with Crippen LogP contribution in [-0.2, 0) is 35.4 Å². The zero-order valence-electron chi connectivity index (χ0n) is 6.54. The summed E-state index contributed by atoms with van der Waals surface area (Å²) >= 11 is 0. The van der Waals surface area contributed by atoms with Crippen LogP contribution in [0, 0.1) is 0 Å². The molecular formula is C5H8F4HfO2. The molecule has 72 valence electrons. The third-order valence-electron chi connectivity index (χ3n) is 0.498. The number of carbonyl (C=O) groups excluding carboxylic acids is 2. The van der Waals surface area contributed by atoms with Gasteiger partial charge in [-0.1, -0.05) is 0 Å². The largest absolute Gasteiger partial charge is 4.00 e. The Morgan fingerprint density at radius 1 is 0.833 bits per heavy atom. The Hall–Kier alpha value is -0.0699. The monoisotopic (exact) mass is 356 g/mol. The molecule has 0 aromatic rings. The summed E-state index contributed by atoms with van der Waals surface area (Å²) in [4.78, 5) is 20.1. The summed E-state index contributed by atoms with van der Waals surface area (Å²) in [5.74, 6) is -0.125. The first-order chi connectivity index (χ1) is 3.13. The van der Waals surface area contributed by atoms with Crippen LogP contribution in [0.3, 0.4) is 0 Å². The van der Waals surface area contributed by atoms with Crippen LogP contribution in [0.15, 0.2) is 0 Å². The van der Waals surface area contributed by atoms with E-state index in [0.717, 1.165) is 0 Å². The van der Waals surface area contributed by atoms with Gasteiger partial charge in [-0.2, -0.15) is 0 Å². The maximum atomic E-state index is 10.0. The van der Waals surface area contributed by atoms with Crippen LogP contribution in [0.1, 0.15) is 20.3 Å². The third kappa shape index (κ3) is 51.3. The van der Waals surface area contributed by atoms with E-state index < -0.39 is 0 Å². The van der Waals surface area contributed by atoms with Gasteiger partial charge in [0.15, 0.2) is 0 Å². The Bertz CT molecular complexity index is 97.6. The Morgan fingerprint density at radius 3 is 1.00 bits per heavy atom. The van der Waals surface area contributed by atoms with Crippen LogP contribution in [0.2, 0.25) is 0 Å². The molecular weight excluding hydrogens is 347 g/mol. The first kappa shape index (κ1) is 40.5. The van der Waals surface area contributed by atoms with Gasteiger partial charge in [0.05, 0.1) is 6.42 Å². The molecule has 0 amide bonds. The number of rotatable bonds is 2. The standard InChI is InChI=1S/C5H8O2.4FH.Hf/c1-4(6)3-5(2)7;;;;;/h3H2,1-2H3;4*1H;/q;;;;;+4/p-4. The summed E-state index contributed by atoms with van der Waals surface area (Å²) in [6, 6.07) is 0. The molecule has 0 heterocycles. The van der Waals surface area contributed by atoms with Gasteiger partial charge in [-0.15, -0.1) is 0 Å². The van der Waals surface area contributed by atoms with Crippen molar-refractivity contribution in [2.45, 2.75) is 20.3 Å². The molecule has 0 aliphatic heterocycles. The van der Waals surface area contributed by atoms with E-state index >= 15 is 0 Å². The molecule has 12 heavy (non-hydrogen) atoms. The van der Waals surface area contributed by atoms with Gasteiger partial charge in [-0.05, 0) is 13.8 Å². The minimum Gasteiger partial charge on any atom is -1.00 e. The molecule has 0 aliphatic rings. The molecule has 0 radical (unpaired) electrons. The van der Waals surface area contributed by atoms with Crippen molar-refractivity contribution >= 4 is 11.6 Å². The van der Waals surface area contributed by atoms with Gasteiger partial charge in [0, 0.05) is 0 Å². The summed E-state index contributed by atoms with van der Waals surface area (Å²) < 4.78 is 0. The summed E-state index contributed by atoms with van der Waals surface area (Å²) in [5.41, 5.74) is 0. The molecule has 0 aliphatic carbocycles. The van der Waals surface area contributed by atoms with Gasteiger partial charge in [0.1, 0.15) is 11.6 Å².